The van der Waals surface area contributed by atoms with Crippen molar-refractivity contribution in [1.29, 1.82) is 0 Å². The monoisotopic (exact) mass is 499 g/mol. The molecule has 1 aliphatic rings. The van der Waals surface area contributed by atoms with Crippen LogP contribution in [0.3, 0.4) is 0 Å². The minimum atomic E-state index is -0.828. The summed E-state index contributed by atoms with van der Waals surface area (Å²) in [7, 11) is -0.828. The van der Waals surface area contributed by atoms with E-state index in [-0.39, 0.29) is 38.8 Å². The summed E-state index contributed by atoms with van der Waals surface area (Å²) < 4.78 is 17.0. The minimum Gasteiger partial charge on any atom is -0.619 e. The van der Waals surface area contributed by atoms with Crippen molar-refractivity contribution in [2.24, 2.45) is 5.92 Å². The molecule has 28 heavy (non-hydrogen) atoms. The van der Waals surface area contributed by atoms with Gasteiger partial charge in [-0.3, -0.25) is 4.21 Å². The third kappa shape index (κ3) is 6.85. The molecule has 10 heteroatoms. The molecule has 1 aromatic carbocycles. The Bertz CT molecular complexity index is 764. The smallest absolute Gasteiger partial charge is 0.103 e. The number of nitrogens with zero attached hydrogens (tertiary/aromatic N) is 5. The normalized spacial score (nSPS) is 21.1. The molecule has 0 bridgehead atoms. The Kier molecular flexibility index (Phi) is 10.0. The average molecular weight is 500 g/mol. The molecule has 0 aliphatic carbocycles. The number of aromatic nitrogens is 3. The van der Waals surface area contributed by atoms with Gasteiger partial charge in [-0.2, -0.15) is 15.0 Å². The first-order valence-electron chi connectivity index (χ1n) is 9.05. The van der Waals surface area contributed by atoms with Gasteiger partial charge in [-0.15, -0.1) is 5.69 Å². The van der Waals surface area contributed by atoms with Gasteiger partial charge >= 0.3 is 0 Å². The molecule has 0 spiro atoms. The molecule has 3 rings (SSSR count). The molecule has 0 saturated carbocycles. The summed E-state index contributed by atoms with van der Waals surface area (Å²) >= 11 is 6.29. The maximum atomic E-state index is 11.2. The molecule has 1 aromatic heterocycles. The summed E-state index contributed by atoms with van der Waals surface area (Å²) in [5, 5.41) is 11.0. The van der Waals surface area contributed by atoms with Crippen LogP contribution in [0.1, 0.15) is 19.8 Å². The Balaban J connectivity index is 0.00000280. The van der Waals surface area contributed by atoms with Crippen molar-refractivity contribution >= 4 is 28.1 Å². The van der Waals surface area contributed by atoms with E-state index in [2.05, 4.69) is 22.1 Å². The second-order valence-corrected chi connectivity index (χ2v) is 8.81. The van der Waals surface area contributed by atoms with Crippen LogP contribution in [0.2, 0.25) is 5.02 Å². The molecule has 3 atom stereocenters. The fourth-order valence-corrected chi connectivity index (χ4v) is 3.67. The van der Waals surface area contributed by atoms with Gasteiger partial charge in [-0.1, -0.05) is 24.6 Å². The van der Waals surface area contributed by atoms with Crippen molar-refractivity contribution in [3.05, 3.63) is 41.0 Å². The van der Waals surface area contributed by atoms with Crippen LogP contribution in [0.4, 0.5) is 5.69 Å². The Hall–Kier alpha value is -0.376. The van der Waals surface area contributed by atoms with Gasteiger partial charge < -0.3 is 15.2 Å². The van der Waals surface area contributed by atoms with Crippen LogP contribution < -0.4 is 0 Å². The van der Waals surface area contributed by atoms with Crippen molar-refractivity contribution in [2.75, 3.05) is 31.8 Å². The average Bonchev–Trinajstić information content (AvgIpc) is 3.16. The molecule has 2 aromatic rings. The van der Waals surface area contributed by atoms with E-state index in [0.29, 0.717) is 35.6 Å². The van der Waals surface area contributed by atoms with Gasteiger partial charge in [0, 0.05) is 61.6 Å². The van der Waals surface area contributed by atoms with Crippen molar-refractivity contribution in [3.63, 3.8) is 0 Å². The number of piperidine rings is 1. The first-order chi connectivity index (χ1) is 13.0. The maximum absolute atomic E-state index is 11.2. The third-order valence-corrected chi connectivity index (χ3v) is 5.64. The summed E-state index contributed by atoms with van der Waals surface area (Å²) in [6, 6.07) is 5.80. The second kappa shape index (κ2) is 11.7. The van der Waals surface area contributed by atoms with Crippen molar-refractivity contribution in [1.82, 2.24) is 20.0 Å². The molecule has 0 N–H and O–H groups in total. The number of hydrogen-bond donors (Lipinski definition) is 0. The Labute approximate surface area is 198 Å². The molecule has 2 heterocycles. The molecule has 1 saturated heterocycles. The van der Waals surface area contributed by atoms with Gasteiger partial charge in [-0.05, 0) is 37.4 Å². The molecule has 0 amide bonds. The Morgan fingerprint density at radius 2 is 2.11 bits per heavy atom. The number of ether oxygens (including phenoxy) is 1. The zero-order valence-electron chi connectivity index (χ0n) is 16.2. The first kappa shape index (κ1) is 23.9. The maximum Gasteiger partial charge on any atom is 0.103 e. The summed E-state index contributed by atoms with van der Waals surface area (Å²) in [5.74, 6) is 1.20. The first-order valence-corrected chi connectivity index (χ1v) is 11.2. The van der Waals surface area contributed by atoms with Crippen molar-refractivity contribution < 1.29 is 41.7 Å². The fourth-order valence-electron chi connectivity index (χ4n) is 3.13. The summed E-state index contributed by atoms with van der Waals surface area (Å²) in [5.41, 5.74) is 6.33. The standard InChI is InChI=1S/C18H25ClN5O2S.Y/c1-14-5-8-23(16(11-14)13-26-9-10-27(2)25)22-15-3-4-17(19)18(12-15)24-20-6-7-21-24;/h3-4,6-7,12,14,16H,5,8-11,13H2,1-2H3;/q-1;/t14-,16?,27?;/m0./s1. The topological polar surface area (TPSA) is 74.3 Å². The third-order valence-electron chi connectivity index (χ3n) is 4.58. The number of halogens is 1. The summed E-state index contributed by atoms with van der Waals surface area (Å²) in [6.07, 6.45) is 7.05. The fraction of sp³-hybridized carbons (Fsp3) is 0.556. The molecule has 1 fully saturated rings. The minimum absolute atomic E-state index is 0. The quantitative estimate of drug-likeness (QED) is 0.521. The molecular formula is C18H25ClN5O2SY-. The largest absolute Gasteiger partial charge is 0.619 e. The molecule has 2 unspecified atom stereocenters. The van der Waals surface area contributed by atoms with Crippen LogP contribution in [0.15, 0.2) is 30.6 Å². The predicted molar refractivity (Wildman–Crippen MR) is 108 cm³/mol. The number of hydrogen-bond acceptors (Lipinski definition) is 5. The van der Waals surface area contributed by atoms with Crippen LogP contribution in [0.25, 0.3) is 11.1 Å². The Morgan fingerprint density at radius 3 is 2.82 bits per heavy atom. The molecule has 7 nitrogen and oxygen atoms in total. The number of rotatable bonds is 8. The molecule has 1 aliphatic heterocycles. The van der Waals surface area contributed by atoms with Crippen molar-refractivity contribution in [2.45, 2.75) is 25.8 Å². The van der Waals surface area contributed by atoms with E-state index in [1.54, 1.807) is 18.6 Å². The van der Waals surface area contributed by atoms with E-state index in [1.165, 1.54) is 4.80 Å². The van der Waals surface area contributed by atoms with Gasteiger partial charge in [0.2, 0.25) is 0 Å². The zero-order chi connectivity index (χ0) is 19.2. The van der Waals surface area contributed by atoms with E-state index in [1.807, 2.05) is 18.2 Å². The van der Waals surface area contributed by atoms with E-state index in [4.69, 9.17) is 21.8 Å². The second-order valence-electron chi connectivity index (χ2n) is 6.85. The van der Waals surface area contributed by atoms with E-state index < -0.39 is 10.8 Å². The molecular weight excluding hydrogens is 475 g/mol. The van der Waals surface area contributed by atoms with E-state index in [9.17, 15) is 4.21 Å². The van der Waals surface area contributed by atoms with Gasteiger partial charge in [0.25, 0.3) is 0 Å². The summed E-state index contributed by atoms with van der Waals surface area (Å²) in [4.78, 5) is 1.49. The molecule has 151 valence electrons. The van der Waals surface area contributed by atoms with Crippen LogP contribution in [0.5, 0.6) is 0 Å². The van der Waals surface area contributed by atoms with E-state index in [0.717, 1.165) is 25.1 Å². The zero-order valence-corrected chi connectivity index (χ0v) is 20.6. The molecule has 1 radical (unpaired) electrons. The summed E-state index contributed by atoms with van der Waals surface area (Å²) in [6.45, 7) is 4.24. The van der Waals surface area contributed by atoms with Crippen molar-refractivity contribution in [3.8, 4) is 5.69 Å². The van der Waals surface area contributed by atoms with Crippen LogP contribution >= 0.6 is 11.6 Å². The van der Waals surface area contributed by atoms with Crippen LogP contribution in [0, 0.1) is 5.92 Å². The number of benzene rings is 1. The van der Waals surface area contributed by atoms with E-state index >= 15 is 0 Å². The van der Waals surface area contributed by atoms with Crippen LogP contribution in [-0.2, 0) is 48.2 Å². The van der Waals surface area contributed by atoms with Gasteiger partial charge in [0.1, 0.15) is 5.69 Å². The SMILES string of the molecule is C[C@H]1CCN([N-]c2ccc(Cl)c(-n3nccn3)c2)C(COCCS(C)=O)C1.[Y]. The van der Waals surface area contributed by atoms with Gasteiger partial charge in [0.15, 0.2) is 0 Å². The predicted octanol–water partition coefficient (Wildman–Crippen LogP) is 3.33. The van der Waals surface area contributed by atoms with Gasteiger partial charge in [0.05, 0.1) is 30.6 Å². The van der Waals surface area contributed by atoms with Crippen LogP contribution in [-0.4, -0.2) is 62.0 Å². The Morgan fingerprint density at radius 1 is 1.36 bits per heavy atom. The van der Waals surface area contributed by atoms with Gasteiger partial charge in [-0.25, -0.2) is 0 Å².